The SMILES string of the molecule is CON1C(C)(C)CC(O)C(CCCO)C1(C)C. The van der Waals surface area contributed by atoms with Crippen LogP contribution in [0.5, 0.6) is 0 Å². The quantitative estimate of drug-likeness (QED) is 0.789. The first-order valence-electron chi connectivity index (χ1n) is 6.40. The molecule has 1 aliphatic rings. The van der Waals surface area contributed by atoms with Crippen molar-refractivity contribution in [2.45, 2.75) is 64.1 Å². The summed E-state index contributed by atoms with van der Waals surface area (Å²) in [6, 6.07) is 0. The fourth-order valence-corrected chi connectivity index (χ4v) is 3.48. The smallest absolute Gasteiger partial charge is 0.0605 e. The zero-order valence-corrected chi connectivity index (χ0v) is 11.7. The van der Waals surface area contributed by atoms with Crippen LogP contribution in [-0.2, 0) is 4.84 Å². The van der Waals surface area contributed by atoms with E-state index < -0.39 is 0 Å². The van der Waals surface area contributed by atoms with Gasteiger partial charge in [0.25, 0.3) is 0 Å². The number of aliphatic hydroxyl groups excluding tert-OH is 2. The van der Waals surface area contributed by atoms with E-state index in [-0.39, 0.29) is 29.7 Å². The fraction of sp³-hybridized carbons (Fsp3) is 1.00. The Bertz CT molecular complexity index is 253. The highest BCUT2D eigenvalue weighted by atomic mass is 16.7. The maximum atomic E-state index is 10.3. The Morgan fingerprint density at radius 3 is 2.35 bits per heavy atom. The third kappa shape index (κ3) is 2.81. The van der Waals surface area contributed by atoms with Gasteiger partial charge in [0.2, 0.25) is 0 Å². The molecule has 1 saturated heterocycles. The van der Waals surface area contributed by atoms with Gasteiger partial charge in [0, 0.05) is 23.6 Å². The maximum absolute atomic E-state index is 10.3. The Morgan fingerprint density at radius 1 is 1.29 bits per heavy atom. The van der Waals surface area contributed by atoms with Gasteiger partial charge in [-0.25, -0.2) is 0 Å². The predicted molar refractivity (Wildman–Crippen MR) is 67.4 cm³/mol. The van der Waals surface area contributed by atoms with Gasteiger partial charge >= 0.3 is 0 Å². The Kier molecular flexibility index (Phi) is 4.58. The van der Waals surface area contributed by atoms with Crippen LogP contribution in [0.1, 0.15) is 47.0 Å². The number of hydrogen-bond acceptors (Lipinski definition) is 4. The van der Waals surface area contributed by atoms with E-state index in [1.165, 1.54) is 0 Å². The molecular weight excluding hydrogens is 218 g/mol. The van der Waals surface area contributed by atoms with Crippen molar-refractivity contribution in [2.75, 3.05) is 13.7 Å². The van der Waals surface area contributed by atoms with Crippen LogP contribution in [0.25, 0.3) is 0 Å². The lowest BCUT2D eigenvalue weighted by Crippen LogP contribution is -2.65. The molecule has 0 amide bonds. The molecule has 4 nitrogen and oxygen atoms in total. The van der Waals surface area contributed by atoms with Crippen LogP contribution >= 0.6 is 0 Å². The van der Waals surface area contributed by atoms with Gasteiger partial charge in [0.1, 0.15) is 0 Å². The molecule has 1 aliphatic heterocycles. The first-order valence-corrected chi connectivity index (χ1v) is 6.40. The van der Waals surface area contributed by atoms with E-state index in [1.54, 1.807) is 7.11 Å². The van der Waals surface area contributed by atoms with E-state index in [4.69, 9.17) is 9.94 Å². The van der Waals surface area contributed by atoms with Crippen LogP contribution in [0.4, 0.5) is 0 Å². The van der Waals surface area contributed by atoms with Crippen molar-refractivity contribution in [2.24, 2.45) is 5.92 Å². The van der Waals surface area contributed by atoms with E-state index in [2.05, 4.69) is 27.7 Å². The topological polar surface area (TPSA) is 52.9 Å². The second-order valence-corrected chi connectivity index (χ2v) is 6.19. The summed E-state index contributed by atoms with van der Waals surface area (Å²) in [6.07, 6.45) is 1.90. The van der Waals surface area contributed by atoms with Crippen LogP contribution in [0.15, 0.2) is 0 Å². The second-order valence-electron chi connectivity index (χ2n) is 6.19. The highest BCUT2D eigenvalue weighted by molar-refractivity contribution is 5.01. The van der Waals surface area contributed by atoms with Crippen molar-refractivity contribution in [3.63, 3.8) is 0 Å². The van der Waals surface area contributed by atoms with Gasteiger partial charge in [0.15, 0.2) is 0 Å². The molecule has 1 fully saturated rings. The largest absolute Gasteiger partial charge is 0.396 e. The van der Waals surface area contributed by atoms with Gasteiger partial charge in [-0.1, -0.05) is 0 Å². The minimum absolute atomic E-state index is 0.127. The van der Waals surface area contributed by atoms with E-state index in [1.807, 2.05) is 5.06 Å². The molecule has 0 aliphatic carbocycles. The van der Waals surface area contributed by atoms with Crippen LogP contribution in [0.3, 0.4) is 0 Å². The summed E-state index contributed by atoms with van der Waals surface area (Å²) in [6.45, 7) is 8.55. The van der Waals surface area contributed by atoms with Crippen LogP contribution in [0.2, 0.25) is 0 Å². The molecule has 0 bridgehead atoms. The lowest BCUT2D eigenvalue weighted by atomic mass is 9.70. The Balaban J connectivity index is 2.92. The molecule has 1 heterocycles. The second kappa shape index (κ2) is 5.22. The molecule has 2 unspecified atom stereocenters. The molecule has 0 spiro atoms. The Labute approximate surface area is 105 Å². The Morgan fingerprint density at radius 2 is 1.88 bits per heavy atom. The molecule has 2 N–H and O–H groups in total. The van der Waals surface area contributed by atoms with Crippen molar-refractivity contribution < 1.29 is 15.1 Å². The van der Waals surface area contributed by atoms with Gasteiger partial charge < -0.3 is 15.1 Å². The van der Waals surface area contributed by atoms with Crippen molar-refractivity contribution >= 4 is 0 Å². The summed E-state index contributed by atoms with van der Waals surface area (Å²) >= 11 is 0. The van der Waals surface area contributed by atoms with Crippen molar-refractivity contribution in [1.29, 1.82) is 0 Å². The summed E-state index contributed by atoms with van der Waals surface area (Å²) in [4.78, 5) is 5.54. The molecule has 0 aromatic carbocycles. The van der Waals surface area contributed by atoms with Crippen molar-refractivity contribution in [3.8, 4) is 0 Å². The van der Waals surface area contributed by atoms with E-state index >= 15 is 0 Å². The number of hydrogen-bond donors (Lipinski definition) is 2. The molecule has 0 saturated carbocycles. The minimum Gasteiger partial charge on any atom is -0.396 e. The molecule has 4 heteroatoms. The highest BCUT2D eigenvalue weighted by Crippen LogP contribution is 2.43. The average Bonchev–Trinajstić information content (AvgIpc) is 2.15. The van der Waals surface area contributed by atoms with Crippen LogP contribution in [-0.4, -0.2) is 46.2 Å². The monoisotopic (exact) mass is 245 g/mol. The molecule has 0 aromatic rings. The number of hydroxylamine groups is 2. The molecule has 0 radical (unpaired) electrons. The lowest BCUT2D eigenvalue weighted by Gasteiger charge is -2.56. The predicted octanol–water partition coefficient (Wildman–Crippen LogP) is 1.56. The first kappa shape index (κ1) is 14.9. The summed E-state index contributed by atoms with van der Waals surface area (Å²) < 4.78 is 0. The molecule has 1 rings (SSSR count). The van der Waals surface area contributed by atoms with Crippen LogP contribution in [0, 0.1) is 5.92 Å². The zero-order valence-electron chi connectivity index (χ0n) is 11.7. The molecular formula is C13H27NO3. The Hall–Kier alpha value is -0.160. The minimum atomic E-state index is -0.335. The van der Waals surface area contributed by atoms with Crippen molar-refractivity contribution in [3.05, 3.63) is 0 Å². The average molecular weight is 245 g/mol. The number of rotatable bonds is 4. The number of nitrogens with zero attached hydrogens (tertiary/aromatic N) is 1. The molecule has 102 valence electrons. The van der Waals surface area contributed by atoms with E-state index in [0.29, 0.717) is 6.42 Å². The summed E-state index contributed by atoms with van der Waals surface area (Å²) in [5, 5.41) is 21.3. The number of aliphatic hydroxyl groups is 2. The summed E-state index contributed by atoms with van der Waals surface area (Å²) in [5.74, 6) is 0.127. The first-order chi connectivity index (χ1) is 7.77. The normalized spacial score (nSPS) is 32.6. The molecule has 2 atom stereocenters. The standard InChI is InChI=1S/C13H27NO3/c1-12(2)9-11(16)10(7-6-8-15)13(3,4)14(12)17-5/h10-11,15-16H,6-9H2,1-5H3. The highest BCUT2D eigenvalue weighted by Gasteiger charge is 2.51. The van der Waals surface area contributed by atoms with Gasteiger partial charge in [-0.15, -0.1) is 0 Å². The molecule has 17 heavy (non-hydrogen) atoms. The summed E-state index contributed by atoms with van der Waals surface area (Å²) in [5.41, 5.74) is -0.404. The van der Waals surface area contributed by atoms with Gasteiger partial charge in [-0.05, 0) is 47.0 Å². The fourth-order valence-electron chi connectivity index (χ4n) is 3.48. The van der Waals surface area contributed by atoms with Crippen molar-refractivity contribution in [1.82, 2.24) is 5.06 Å². The van der Waals surface area contributed by atoms with E-state index in [9.17, 15) is 5.11 Å². The van der Waals surface area contributed by atoms with Gasteiger partial charge in [0.05, 0.1) is 13.2 Å². The van der Waals surface area contributed by atoms with Crippen LogP contribution < -0.4 is 0 Å². The maximum Gasteiger partial charge on any atom is 0.0605 e. The summed E-state index contributed by atoms with van der Waals surface area (Å²) in [7, 11) is 1.68. The van der Waals surface area contributed by atoms with Gasteiger partial charge in [-0.3, -0.25) is 0 Å². The third-order valence-electron chi connectivity index (χ3n) is 4.01. The third-order valence-corrected chi connectivity index (χ3v) is 4.01. The van der Waals surface area contributed by atoms with Gasteiger partial charge in [-0.2, -0.15) is 5.06 Å². The lowest BCUT2D eigenvalue weighted by molar-refractivity contribution is -0.296. The van der Waals surface area contributed by atoms with E-state index in [0.717, 1.165) is 12.8 Å². The zero-order chi connectivity index (χ0) is 13.3. The molecule has 0 aromatic heterocycles. The number of piperidine rings is 1.